The molecule has 38 heavy (non-hydrogen) atoms. The molecular weight excluding hydrogens is 470 g/mol. The summed E-state index contributed by atoms with van der Waals surface area (Å²) >= 11 is 0. The van der Waals surface area contributed by atoms with Crippen LogP contribution in [0.3, 0.4) is 0 Å². The molecule has 5 heteroatoms. The number of hydrogen-bond acceptors (Lipinski definition) is 5. The minimum absolute atomic E-state index is 0.0302. The van der Waals surface area contributed by atoms with E-state index < -0.39 is 0 Å². The fourth-order valence-electron chi connectivity index (χ4n) is 5.62. The fourth-order valence-corrected chi connectivity index (χ4v) is 5.62. The molecule has 0 aliphatic heterocycles. The quantitative estimate of drug-likeness (QED) is 0.190. The van der Waals surface area contributed by atoms with Crippen molar-refractivity contribution < 1.29 is 10.2 Å². The summed E-state index contributed by atoms with van der Waals surface area (Å²) in [5.74, 6) is -0.0302. The van der Waals surface area contributed by atoms with Crippen LogP contribution in [0.4, 0.5) is 17.1 Å². The molecule has 0 aromatic heterocycles. The van der Waals surface area contributed by atoms with E-state index in [0.29, 0.717) is 13.1 Å². The SMILES string of the molecule is CCc1ccc(C(c2ccc(N(CC)CC)cc2)c2ccc(CC)c(C)c2NCCO)c(NCCO)c1C. The van der Waals surface area contributed by atoms with Crippen LogP contribution in [0.25, 0.3) is 0 Å². The van der Waals surface area contributed by atoms with Crippen molar-refractivity contribution in [1.29, 1.82) is 0 Å². The highest BCUT2D eigenvalue weighted by molar-refractivity contribution is 5.71. The normalized spacial score (nSPS) is 11.2. The van der Waals surface area contributed by atoms with E-state index in [9.17, 15) is 10.2 Å². The van der Waals surface area contributed by atoms with Gasteiger partial charge in [0.05, 0.1) is 13.2 Å². The molecule has 0 bridgehead atoms. The average molecular weight is 518 g/mol. The molecule has 0 amide bonds. The zero-order chi connectivity index (χ0) is 27.7. The maximum absolute atomic E-state index is 9.67. The number of nitrogens with one attached hydrogen (secondary N) is 2. The number of anilines is 3. The van der Waals surface area contributed by atoms with Crippen LogP contribution < -0.4 is 15.5 Å². The summed E-state index contributed by atoms with van der Waals surface area (Å²) in [4.78, 5) is 2.36. The van der Waals surface area contributed by atoms with E-state index in [-0.39, 0.29) is 19.1 Å². The highest BCUT2D eigenvalue weighted by atomic mass is 16.3. The Morgan fingerprint density at radius 2 is 1.11 bits per heavy atom. The van der Waals surface area contributed by atoms with Gasteiger partial charge >= 0.3 is 0 Å². The van der Waals surface area contributed by atoms with Crippen molar-refractivity contribution >= 4 is 17.1 Å². The molecule has 0 unspecified atom stereocenters. The second-order valence-electron chi connectivity index (χ2n) is 9.83. The van der Waals surface area contributed by atoms with Crippen LogP contribution in [-0.4, -0.2) is 49.6 Å². The standard InChI is InChI=1S/C33H47N3O2/c1-7-25-13-17-29(32(23(25)5)34-19-21-37)31(27-11-15-28(16-12-27)36(9-3)10-4)30-18-14-26(8-2)24(6)33(30)35-20-22-38/h11-18,31,34-35,37-38H,7-10,19-22H2,1-6H3. The van der Waals surface area contributed by atoms with Gasteiger partial charge in [-0.05, 0) is 91.6 Å². The van der Waals surface area contributed by atoms with Crippen molar-refractivity contribution in [2.45, 2.75) is 60.3 Å². The van der Waals surface area contributed by atoms with Gasteiger partial charge in [0, 0.05) is 49.2 Å². The van der Waals surface area contributed by atoms with Gasteiger partial charge < -0.3 is 25.7 Å². The average Bonchev–Trinajstić information content (AvgIpc) is 2.94. The Labute approximate surface area is 229 Å². The Morgan fingerprint density at radius 3 is 1.47 bits per heavy atom. The maximum Gasteiger partial charge on any atom is 0.0604 e. The van der Waals surface area contributed by atoms with Crippen LogP contribution in [0.15, 0.2) is 48.5 Å². The Morgan fingerprint density at radius 1 is 0.658 bits per heavy atom. The third-order valence-electron chi connectivity index (χ3n) is 7.78. The Hall–Kier alpha value is -3.02. The molecule has 0 atom stereocenters. The van der Waals surface area contributed by atoms with Crippen LogP contribution in [0, 0.1) is 13.8 Å². The predicted molar refractivity (Wildman–Crippen MR) is 163 cm³/mol. The van der Waals surface area contributed by atoms with Gasteiger partial charge in [-0.3, -0.25) is 0 Å². The first-order chi connectivity index (χ1) is 18.4. The van der Waals surface area contributed by atoms with Gasteiger partial charge in [0.25, 0.3) is 0 Å². The number of aliphatic hydroxyl groups is 2. The summed E-state index contributed by atoms with van der Waals surface area (Å²) in [6.07, 6.45) is 1.91. The number of aliphatic hydroxyl groups excluding tert-OH is 2. The third-order valence-corrected chi connectivity index (χ3v) is 7.78. The van der Waals surface area contributed by atoms with E-state index in [4.69, 9.17) is 0 Å². The summed E-state index contributed by atoms with van der Waals surface area (Å²) in [6.45, 7) is 16.2. The lowest BCUT2D eigenvalue weighted by Gasteiger charge is -2.29. The van der Waals surface area contributed by atoms with Gasteiger partial charge in [0.15, 0.2) is 0 Å². The Bertz CT molecular complexity index is 1100. The van der Waals surface area contributed by atoms with Crippen LogP contribution in [0.1, 0.15) is 72.6 Å². The molecule has 0 aliphatic rings. The van der Waals surface area contributed by atoms with E-state index in [1.807, 2.05) is 0 Å². The number of nitrogens with zero attached hydrogens (tertiary/aromatic N) is 1. The van der Waals surface area contributed by atoms with Gasteiger partial charge in [-0.2, -0.15) is 0 Å². The lowest BCUT2D eigenvalue weighted by atomic mass is 9.80. The van der Waals surface area contributed by atoms with Crippen molar-refractivity contribution in [3.63, 3.8) is 0 Å². The van der Waals surface area contributed by atoms with Gasteiger partial charge in [0.1, 0.15) is 0 Å². The molecule has 0 radical (unpaired) electrons. The van der Waals surface area contributed by atoms with Crippen LogP contribution >= 0.6 is 0 Å². The van der Waals surface area contributed by atoms with Crippen LogP contribution in [0.2, 0.25) is 0 Å². The molecule has 0 saturated heterocycles. The number of benzene rings is 3. The van der Waals surface area contributed by atoms with Crippen LogP contribution in [0.5, 0.6) is 0 Å². The summed E-state index contributed by atoms with van der Waals surface area (Å²) in [7, 11) is 0. The molecule has 3 rings (SSSR count). The predicted octanol–water partition coefficient (Wildman–Crippen LogP) is 6.26. The van der Waals surface area contributed by atoms with Crippen molar-refractivity contribution in [3.05, 3.63) is 87.5 Å². The summed E-state index contributed by atoms with van der Waals surface area (Å²) in [5, 5.41) is 26.5. The molecule has 3 aromatic carbocycles. The van der Waals surface area contributed by atoms with E-state index in [0.717, 1.165) is 37.3 Å². The second kappa shape index (κ2) is 14.2. The maximum atomic E-state index is 9.67. The molecule has 5 nitrogen and oxygen atoms in total. The largest absolute Gasteiger partial charge is 0.395 e. The van der Waals surface area contributed by atoms with E-state index in [2.05, 4.69) is 106 Å². The van der Waals surface area contributed by atoms with Gasteiger partial charge in [0.2, 0.25) is 0 Å². The lowest BCUT2D eigenvalue weighted by molar-refractivity contribution is 0.310. The third kappa shape index (κ3) is 6.33. The first-order valence-corrected chi connectivity index (χ1v) is 14.2. The van der Waals surface area contributed by atoms with Crippen molar-refractivity contribution in [3.8, 4) is 0 Å². The first-order valence-electron chi connectivity index (χ1n) is 14.2. The second-order valence-corrected chi connectivity index (χ2v) is 9.83. The Balaban J connectivity index is 2.31. The molecule has 0 heterocycles. The van der Waals surface area contributed by atoms with Gasteiger partial charge in [-0.1, -0.05) is 50.2 Å². The molecule has 3 aromatic rings. The zero-order valence-electron chi connectivity index (χ0n) is 24.2. The molecule has 0 spiro atoms. The van der Waals surface area contributed by atoms with Gasteiger partial charge in [-0.15, -0.1) is 0 Å². The van der Waals surface area contributed by atoms with E-state index in [1.165, 1.54) is 44.6 Å². The molecule has 0 saturated carbocycles. The van der Waals surface area contributed by atoms with Gasteiger partial charge in [-0.25, -0.2) is 0 Å². The first kappa shape index (κ1) is 29.5. The van der Waals surface area contributed by atoms with Crippen molar-refractivity contribution in [2.75, 3.05) is 54.9 Å². The molecule has 0 aliphatic carbocycles. The topological polar surface area (TPSA) is 67.8 Å². The molecule has 0 fully saturated rings. The Kier molecular flexibility index (Phi) is 11.1. The monoisotopic (exact) mass is 517 g/mol. The van der Waals surface area contributed by atoms with Crippen molar-refractivity contribution in [2.24, 2.45) is 0 Å². The van der Waals surface area contributed by atoms with E-state index >= 15 is 0 Å². The molecule has 4 N–H and O–H groups in total. The number of hydrogen-bond donors (Lipinski definition) is 4. The minimum atomic E-state index is -0.0302. The summed E-state index contributed by atoms with van der Waals surface area (Å²) in [5.41, 5.74) is 12.1. The van der Waals surface area contributed by atoms with Crippen molar-refractivity contribution in [1.82, 2.24) is 0 Å². The number of aryl methyl sites for hydroxylation is 2. The zero-order valence-corrected chi connectivity index (χ0v) is 24.2. The smallest absolute Gasteiger partial charge is 0.0604 e. The highest BCUT2D eigenvalue weighted by Crippen LogP contribution is 2.43. The molecular formula is C33H47N3O2. The highest BCUT2D eigenvalue weighted by Gasteiger charge is 2.26. The van der Waals surface area contributed by atoms with Crippen LogP contribution in [-0.2, 0) is 12.8 Å². The lowest BCUT2D eigenvalue weighted by Crippen LogP contribution is -2.21. The number of rotatable bonds is 14. The minimum Gasteiger partial charge on any atom is -0.395 e. The fraction of sp³-hybridized carbons (Fsp3) is 0.455. The molecule has 206 valence electrons. The summed E-state index contributed by atoms with van der Waals surface area (Å²) in [6, 6.07) is 18.0. The summed E-state index contributed by atoms with van der Waals surface area (Å²) < 4.78 is 0. The van der Waals surface area contributed by atoms with E-state index in [1.54, 1.807) is 0 Å².